The average Bonchev–Trinajstić information content (AvgIpc) is 3.08. The molecule has 0 bridgehead atoms. The fourth-order valence-corrected chi connectivity index (χ4v) is 4.64. The van der Waals surface area contributed by atoms with Crippen molar-refractivity contribution >= 4 is 53.0 Å². The standard InChI is InChI=1S/C20H14ClN2O3PS/c21-15-4-5-19-16(9-15)18(12-28-19)17(11-27(25)26)20(24)23-7-6-13-2-1-3-14(8-13)10-22/h1-9,12,17H,11H2,(H-,23,24,25,26)/p+1/b7-6+. The summed E-state index contributed by atoms with van der Waals surface area (Å²) in [6, 6.07) is 14.4. The van der Waals surface area contributed by atoms with Gasteiger partial charge in [-0.05, 0) is 62.9 Å². The lowest BCUT2D eigenvalue weighted by Gasteiger charge is -2.10. The Bertz CT molecular complexity index is 1120. The van der Waals surface area contributed by atoms with Gasteiger partial charge in [-0.1, -0.05) is 23.7 Å². The van der Waals surface area contributed by atoms with E-state index in [2.05, 4.69) is 11.4 Å². The maximum atomic E-state index is 12.7. The first-order valence-electron chi connectivity index (χ1n) is 8.25. The van der Waals surface area contributed by atoms with Crippen LogP contribution in [0.3, 0.4) is 0 Å². The van der Waals surface area contributed by atoms with E-state index in [9.17, 15) is 14.3 Å². The summed E-state index contributed by atoms with van der Waals surface area (Å²) in [5, 5.41) is 14.8. The van der Waals surface area contributed by atoms with Crippen molar-refractivity contribution in [1.82, 2.24) is 5.32 Å². The van der Waals surface area contributed by atoms with E-state index in [-0.39, 0.29) is 12.1 Å². The van der Waals surface area contributed by atoms with Crippen molar-refractivity contribution < 1.29 is 14.3 Å². The summed E-state index contributed by atoms with van der Waals surface area (Å²) in [5.41, 5.74) is 1.96. The molecule has 28 heavy (non-hydrogen) atoms. The number of halogens is 1. The molecule has 8 heteroatoms. The lowest BCUT2D eigenvalue weighted by atomic mass is 9.99. The predicted octanol–water partition coefficient (Wildman–Crippen LogP) is 5.03. The first-order valence-corrected chi connectivity index (χ1v) is 10.9. The molecule has 0 aliphatic rings. The van der Waals surface area contributed by atoms with Crippen LogP contribution in [-0.4, -0.2) is 17.0 Å². The lowest BCUT2D eigenvalue weighted by Crippen LogP contribution is -2.26. The van der Waals surface area contributed by atoms with Crippen molar-refractivity contribution in [3.05, 3.63) is 75.8 Å². The molecule has 2 atom stereocenters. The van der Waals surface area contributed by atoms with Crippen molar-refractivity contribution in [2.45, 2.75) is 5.92 Å². The van der Waals surface area contributed by atoms with Crippen molar-refractivity contribution in [2.75, 3.05) is 6.16 Å². The van der Waals surface area contributed by atoms with Crippen LogP contribution in [0.15, 0.2) is 54.0 Å². The number of carbonyl (C=O) groups is 1. The van der Waals surface area contributed by atoms with Gasteiger partial charge in [-0.15, -0.1) is 11.3 Å². The van der Waals surface area contributed by atoms with Crippen LogP contribution in [0.1, 0.15) is 22.6 Å². The Labute approximate surface area is 171 Å². The minimum Gasteiger partial charge on any atom is -0.332 e. The number of hydrogen-bond donors (Lipinski definition) is 2. The van der Waals surface area contributed by atoms with Crippen molar-refractivity contribution in [3.63, 3.8) is 0 Å². The second kappa shape index (κ2) is 9.09. The van der Waals surface area contributed by atoms with Gasteiger partial charge in [0.15, 0.2) is 6.16 Å². The third-order valence-corrected chi connectivity index (χ3v) is 6.01. The van der Waals surface area contributed by atoms with Gasteiger partial charge < -0.3 is 5.32 Å². The fourth-order valence-electron chi connectivity index (χ4n) is 2.80. The van der Waals surface area contributed by atoms with E-state index in [1.54, 1.807) is 42.5 Å². The molecule has 5 nitrogen and oxygen atoms in total. The summed E-state index contributed by atoms with van der Waals surface area (Å²) in [5.74, 6) is -1.17. The number of thiophene rings is 1. The van der Waals surface area contributed by atoms with Gasteiger partial charge in [-0.2, -0.15) is 10.2 Å². The highest BCUT2D eigenvalue weighted by atomic mass is 35.5. The maximum absolute atomic E-state index is 12.7. The number of benzene rings is 2. The second-order valence-electron chi connectivity index (χ2n) is 6.00. The Morgan fingerprint density at radius 1 is 1.36 bits per heavy atom. The normalized spacial score (nSPS) is 12.7. The quantitative estimate of drug-likeness (QED) is 0.537. The fraction of sp³-hybridized carbons (Fsp3) is 0.100. The zero-order chi connectivity index (χ0) is 20.1. The van der Waals surface area contributed by atoms with Gasteiger partial charge in [0.25, 0.3) is 0 Å². The minimum atomic E-state index is -2.50. The number of nitrogens with zero attached hydrogens (tertiary/aromatic N) is 1. The van der Waals surface area contributed by atoms with E-state index in [0.29, 0.717) is 16.1 Å². The third kappa shape index (κ3) is 4.83. The Balaban J connectivity index is 1.83. The van der Waals surface area contributed by atoms with Crippen LogP contribution in [0, 0.1) is 11.3 Å². The van der Waals surface area contributed by atoms with Crippen molar-refractivity contribution in [2.24, 2.45) is 0 Å². The highest BCUT2D eigenvalue weighted by Crippen LogP contribution is 2.36. The molecule has 1 aromatic heterocycles. The van der Waals surface area contributed by atoms with E-state index in [1.165, 1.54) is 17.5 Å². The van der Waals surface area contributed by atoms with Crippen LogP contribution in [0.2, 0.25) is 5.02 Å². The summed E-state index contributed by atoms with van der Waals surface area (Å²) in [6.07, 6.45) is 2.95. The van der Waals surface area contributed by atoms with E-state index in [0.717, 1.165) is 15.6 Å². The molecular weight excluding hydrogens is 415 g/mol. The number of rotatable bonds is 6. The molecule has 1 heterocycles. The van der Waals surface area contributed by atoms with Crippen LogP contribution < -0.4 is 5.32 Å². The number of hydrogen-bond acceptors (Lipinski definition) is 4. The zero-order valence-corrected chi connectivity index (χ0v) is 17.0. The molecule has 0 aliphatic heterocycles. The Morgan fingerprint density at radius 2 is 2.18 bits per heavy atom. The van der Waals surface area contributed by atoms with Crippen LogP contribution in [0.4, 0.5) is 0 Å². The van der Waals surface area contributed by atoms with Gasteiger partial charge in [0.05, 0.1) is 11.6 Å². The molecule has 2 unspecified atom stereocenters. The summed E-state index contributed by atoms with van der Waals surface area (Å²) >= 11 is 7.53. The number of amides is 1. The Hall–Kier alpha value is -2.55. The van der Waals surface area contributed by atoms with Crippen LogP contribution >= 0.6 is 31.0 Å². The molecule has 0 saturated heterocycles. The summed E-state index contributed by atoms with van der Waals surface area (Å²) in [6.45, 7) is 0. The summed E-state index contributed by atoms with van der Waals surface area (Å²) < 4.78 is 12.4. The maximum Gasteiger partial charge on any atom is 0.506 e. The van der Waals surface area contributed by atoms with Gasteiger partial charge in [-0.25, -0.2) is 0 Å². The van der Waals surface area contributed by atoms with Crippen molar-refractivity contribution in [3.8, 4) is 6.07 Å². The van der Waals surface area contributed by atoms with Gasteiger partial charge >= 0.3 is 8.03 Å². The Kier molecular flexibility index (Phi) is 6.56. The van der Waals surface area contributed by atoms with E-state index in [4.69, 9.17) is 16.9 Å². The monoisotopic (exact) mass is 429 g/mol. The number of carbonyl (C=O) groups excluding carboxylic acids is 1. The molecule has 3 rings (SSSR count). The van der Waals surface area contributed by atoms with Crippen molar-refractivity contribution in [1.29, 1.82) is 5.26 Å². The molecule has 0 aliphatic carbocycles. The largest absolute Gasteiger partial charge is 0.506 e. The van der Waals surface area contributed by atoms with Gasteiger partial charge in [0.1, 0.15) is 5.92 Å². The smallest absolute Gasteiger partial charge is 0.332 e. The molecule has 0 fully saturated rings. The van der Waals surface area contributed by atoms with E-state index >= 15 is 0 Å². The molecule has 2 N–H and O–H groups in total. The highest BCUT2D eigenvalue weighted by Gasteiger charge is 2.31. The lowest BCUT2D eigenvalue weighted by molar-refractivity contribution is -0.121. The molecule has 140 valence electrons. The van der Waals surface area contributed by atoms with Crippen LogP contribution in [-0.2, 0) is 9.36 Å². The molecule has 0 spiro atoms. The van der Waals surface area contributed by atoms with Crippen LogP contribution in [0.5, 0.6) is 0 Å². The highest BCUT2D eigenvalue weighted by molar-refractivity contribution is 7.38. The van der Waals surface area contributed by atoms with Gasteiger partial charge in [-0.3, -0.25) is 4.79 Å². The molecule has 3 aromatic rings. The second-order valence-corrected chi connectivity index (χ2v) is 8.42. The number of fused-ring (bicyclic) bond motifs is 1. The SMILES string of the molecule is N#Cc1cccc(/C=C/NC(=O)C(C[P+](=O)O)c2csc3ccc(Cl)cc23)c1. The predicted molar refractivity (Wildman–Crippen MR) is 113 cm³/mol. The first kappa shape index (κ1) is 20.2. The molecule has 1 amide bonds. The third-order valence-electron chi connectivity index (χ3n) is 4.11. The molecule has 2 aromatic carbocycles. The molecule has 0 saturated carbocycles. The minimum absolute atomic E-state index is 0.183. The average molecular weight is 430 g/mol. The molecular formula is C20H15ClN2O3PS+. The topological polar surface area (TPSA) is 90.2 Å². The summed E-state index contributed by atoms with van der Waals surface area (Å²) in [4.78, 5) is 22.2. The number of nitriles is 1. The zero-order valence-electron chi connectivity index (χ0n) is 14.5. The molecule has 0 radical (unpaired) electrons. The van der Waals surface area contributed by atoms with E-state index < -0.39 is 13.9 Å². The first-order chi connectivity index (χ1) is 13.5. The Morgan fingerprint density at radius 3 is 2.93 bits per heavy atom. The van der Waals surface area contributed by atoms with Gasteiger partial charge in [0.2, 0.25) is 5.91 Å². The summed E-state index contributed by atoms with van der Waals surface area (Å²) in [7, 11) is -2.50. The number of nitrogens with one attached hydrogen (secondary N) is 1. The van der Waals surface area contributed by atoms with Gasteiger partial charge in [0, 0.05) is 15.9 Å². The van der Waals surface area contributed by atoms with Crippen LogP contribution in [0.25, 0.3) is 16.2 Å². The van der Waals surface area contributed by atoms with E-state index in [1.807, 2.05) is 11.4 Å².